The first-order valence-electron chi connectivity index (χ1n) is 19.8. The Morgan fingerprint density at radius 1 is 0.414 bits per heavy atom. The second kappa shape index (κ2) is 14.5. The van der Waals surface area contributed by atoms with Gasteiger partial charge in [0.15, 0.2) is 11.2 Å². The van der Waals surface area contributed by atoms with Gasteiger partial charge >= 0.3 is 0 Å². The normalized spacial score (nSPS) is 17.9. The molecular weight excluding hydrogens is 713 g/mol. The Balaban J connectivity index is 0.902. The van der Waals surface area contributed by atoms with Crippen LogP contribution in [0.1, 0.15) is 44.5 Å². The summed E-state index contributed by atoms with van der Waals surface area (Å²) >= 11 is 0. The van der Waals surface area contributed by atoms with Crippen LogP contribution in [0.4, 0.5) is 0 Å². The highest BCUT2D eigenvalue weighted by Crippen LogP contribution is 2.46. The van der Waals surface area contributed by atoms with Crippen molar-refractivity contribution in [3.8, 4) is 23.0 Å². The van der Waals surface area contributed by atoms with Crippen LogP contribution < -0.4 is 18.9 Å². The van der Waals surface area contributed by atoms with Crippen molar-refractivity contribution in [3.63, 3.8) is 0 Å². The maximum Gasteiger partial charge on any atom is 0.178 e. The fourth-order valence-electron chi connectivity index (χ4n) is 8.67. The van der Waals surface area contributed by atoms with Crippen molar-refractivity contribution in [2.24, 2.45) is 0 Å². The van der Waals surface area contributed by atoms with Crippen LogP contribution in [-0.4, -0.2) is 14.2 Å². The van der Waals surface area contributed by atoms with Gasteiger partial charge in [-0.15, -0.1) is 0 Å². The lowest BCUT2D eigenvalue weighted by molar-refractivity contribution is 0.161. The fraction of sp³-hybridized carbons (Fsp3) is 0.111. The van der Waals surface area contributed by atoms with Crippen LogP contribution >= 0.6 is 0 Å². The third kappa shape index (κ3) is 6.09. The van der Waals surface area contributed by atoms with E-state index in [1.165, 1.54) is 11.1 Å². The quantitative estimate of drug-likeness (QED) is 0.147. The molecule has 2 aliphatic heterocycles. The van der Waals surface area contributed by atoms with E-state index in [0.29, 0.717) is 0 Å². The summed E-state index contributed by atoms with van der Waals surface area (Å²) in [6, 6.07) is 59.6. The third-order valence-electron chi connectivity index (χ3n) is 11.8. The molecule has 0 fully saturated rings. The standard InChI is InChI=1S/C54H42O4/c1-55-45-25-27-47-39(35-45)19-29-51-49(47)31-33-53(57-51,41-9-5-3-6-10-41)43-21-15-37(16-22-43)13-14-38-17-23-44(24-18-38)54(42-11-7-4-8-12-42)34-32-50-48-28-26-46(56-2)36-40(48)20-30-52(50)58-54/h3-12,15-36H,13-14H2,1-2H3. The van der Waals surface area contributed by atoms with Crippen LogP contribution in [-0.2, 0) is 24.0 Å². The third-order valence-corrected chi connectivity index (χ3v) is 11.8. The van der Waals surface area contributed by atoms with Gasteiger partial charge in [0.25, 0.3) is 0 Å². The predicted molar refractivity (Wildman–Crippen MR) is 235 cm³/mol. The molecule has 2 aliphatic rings. The Hall–Kier alpha value is -7.04. The van der Waals surface area contributed by atoms with E-state index >= 15 is 0 Å². The van der Waals surface area contributed by atoms with Gasteiger partial charge < -0.3 is 18.9 Å². The van der Waals surface area contributed by atoms with Crippen LogP contribution in [0, 0.1) is 0 Å². The Labute approximate surface area is 339 Å². The zero-order valence-corrected chi connectivity index (χ0v) is 32.5. The van der Waals surface area contributed by atoms with E-state index in [1.807, 2.05) is 24.3 Å². The first-order chi connectivity index (χ1) is 28.5. The number of hydrogen-bond donors (Lipinski definition) is 0. The Bertz CT molecular complexity index is 2640. The number of methoxy groups -OCH3 is 2. The number of ether oxygens (including phenoxy) is 4. The van der Waals surface area contributed by atoms with Gasteiger partial charge in [0.05, 0.1) is 14.2 Å². The first-order valence-corrected chi connectivity index (χ1v) is 19.8. The molecule has 10 rings (SSSR count). The zero-order chi connectivity index (χ0) is 39.1. The van der Waals surface area contributed by atoms with Crippen LogP contribution in [0.2, 0.25) is 0 Å². The Morgan fingerprint density at radius 3 is 1.21 bits per heavy atom. The van der Waals surface area contributed by atoms with Crippen LogP contribution in [0.5, 0.6) is 23.0 Å². The molecule has 2 atom stereocenters. The van der Waals surface area contributed by atoms with E-state index in [4.69, 9.17) is 18.9 Å². The lowest BCUT2D eigenvalue weighted by Gasteiger charge is -2.36. The predicted octanol–water partition coefficient (Wildman–Crippen LogP) is 12.5. The van der Waals surface area contributed by atoms with Crippen molar-refractivity contribution >= 4 is 33.7 Å². The maximum atomic E-state index is 7.04. The summed E-state index contributed by atoms with van der Waals surface area (Å²) < 4.78 is 25.0. The van der Waals surface area contributed by atoms with Crippen molar-refractivity contribution < 1.29 is 18.9 Å². The average molecular weight is 755 g/mol. The van der Waals surface area contributed by atoms with E-state index in [0.717, 1.165) is 90.8 Å². The molecule has 0 aliphatic carbocycles. The molecule has 0 radical (unpaired) electrons. The fourth-order valence-corrected chi connectivity index (χ4v) is 8.67. The zero-order valence-electron chi connectivity index (χ0n) is 32.5. The number of hydrogen-bond acceptors (Lipinski definition) is 4. The highest BCUT2D eigenvalue weighted by Gasteiger charge is 2.38. The molecule has 0 spiro atoms. The number of rotatable bonds is 9. The molecule has 0 saturated heterocycles. The van der Waals surface area contributed by atoms with E-state index in [9.17, 15) is 0 Å². The molecule has 0 amide bonds. The molecule has 0 bridgehead atoms. The first kappa shape index (κ1) is 35.4. The molecule has 58 heavy (non-hydrogen) atoms. The average Bonchev–Trinajstić information content (AvgIpc) is 3.30. The minimum absolute atomic E-state index is 0.756. The molecule has 0 saturated carbocycles. The number of aryl methyl sites for hydroxylation is 2. The Kier molecular flexibility index (Phi) is 8.83. The molecule has 2 unspecified atom stereocenters. The van der Waals surface area contributed by atoms with Gasteiger partial charge in [-0.2, -0.15) is 0 Å². The maximum absolute atomic E-state index is 7.04. The van der Waals surface area contributed by atoms with Crippen molar-refractivity contribution in [2.45, 2.75) is 24.0 Å². The summed E-state index contributed by atoms with van der Waals surface area (Å²) in [4.78, 5) is 0. The van der Waals surface area contributed by atoms with Gasteiger partial charge in [-0.1, -0.05) is 121 Å². The SMILES string of the molecule is COc1ccc2c3c(ccc2c1)OC(c1ccccc1)(c1ccc(CCc2ccc(C4(c5ccccc5)C=Cc5c(ccc6cc(OC)ccc56)O4)cc2)cc1)C=C3. The molecule has 0 N–H and O–H groups in total. The monoisotopic (exact) mass is 754 g/mol. The topological polar surface area (TPSA) is 36.9 Å². The van der Waals surface area contributed by atoms with Crippen LogP contribution in [0.15, 0.2) is 182 Å². The molecule has 0 aromatic heterocycles. The summed E-state index contributed by atoms with van der Waals surface area (Å²) in [5.74, 6) is 3.40. The summed E-state index contributed by atoms with van der Waals surface area (Å²) in [5.41, 5.74) is 7.54. The highest BCUT2D eigenvalue weighted by atomic mass is 16.5. The number of benzene rings is 8. The van der Waals surface area contributed by atoms with Crippen molar-refractivity contribution in [1.29, 1.82) is 0 Å². The second-order valence-corrected chi connectivity index (χ2v) is 15.1. The summed E-state index contributed by atoms with van der Waals surface area (Å²) in [5, 5.41) is 4.51. The Morgan fingerprint density at radius 2 is 0.810 bits per heavy atom. The van der Waals surface area contributed by atoms with Crippen LogP contribution in [0.3, 0.4) is 0 Å². The van der Waals surface area contributed by atoms with Crippen LogP contribution in [0.25, 0.3) is 33.7 Å². The van der Waals surface area contributed by atoms with E-state index in [1.54, 1.807) is 14.2 Å². The second-order valence-electron chi connectivity index (χ2n) is 15.1. The van der Waals surface area contributed by atoms with Gasteiger partial charge in [0.1, 0.15) is 23.0 Å². The van der Waals surface area contributed by atoms with Gasteiger partial charge in [0.2, 0.25) is 0 Å². The summed E-state index contributed by atoms with van der Waals surface area (Å²) in [6.45, 7) is 0. The van der Waals surface area contributed by atoms with Gasteiger partial charge in [-0.3, -0.25) is 0 Å². The van der Waals surface area contributed by atoms with Crippen molar-refractivity contribution in [2.75, 3.05) is 14.2 Å². The number of fused-ring (bicyclic) bond motifs is 6. The van der Waals surface area contributed by atoms with Gasteiger partial charge in [-0.05, 0) is 118 Å². The summed E-state index contributed by atoms with van der Waals surface area (Å²) in [7, 11) is 3.40. The molecule has 8 aromatic carbocycles. The molecule has 282 valence electrons. The van der Waals surface area contributed by atoms with Gasteiger partial charge in [0, 0.05) is 33.4 Å². The minimum atomic E-state index is -0.756. The molecule has 4 nitrogen and oxygen atoms in total. The summed E-state index contributed by atoms with van der Waals surface area (Å²) in [6.07, 6.45) is 10.7. The lowest BCUT2D eigenvalue weighted by atomic mass is 9.82. The minimum Gasteiger partial charge on any atom is -0.497 e. The lowest BCUT2D eigenvalue weighted by Crippen LogP contribution is -2.34. The van der Waals surface area contributed by atoms with Crippen molar-refractivity contribution in [3.05, 3.63) is 227 Å². The van der Waals surface area contributed by atoms with E-state index < -0.39 is 11.2 Å². The van der Waals surface area contributed by atoms with Crippen molar-refractivity contribution in [1.82, 2.24) is 0 Å². The molecule has 8 aromatic rings. The van der Waals surface area contributed by atoms with Gasteiger partial charge in [-0.25, -0.2) is 0 Å². The molecule has 2 heterocycles. The largest absolute Gasteiger partial charge is 0.497 e. The smallest absolute Gasteiger partial charge is 0.178 e. The molecule has 4 heteroatoms. The van der Waals surface area contributed by atoms with E-state index in [2.05, 4.69) is 170 Å². The van der Waals surface area contributed by atoms with E-state index in [-0.39, 0.29) is 0 Å². The molecular formula is C54H42O4. The highest BCUT2D eigenvalue weighted by molar-refractivity contribution is 5.96.